The van der Waals surface area contributed by atoms with Crippen molar-refractivity contribution in [2.24, 2.45) is 39.9 Å². The van der Waals surface area contributed by atoms with Gasteiger partial charge >= 0.3 is 5.97 Å². The lowest BCUT2D eigenvalue weighted by atomic mass is 9.42. The normalized spacial score (nSPS) is 41.9. The number of fused-ring (bicyclic) bond motifs is 5. The molecule has 4 aliphatic carbocycles. The molecule has 4 aliphatic rings. The third kappa shape index (κ3) is 4.95. The van der Waals surface area contributed by atoms with Crippen LogP contribution in [0.25, 0.3) is 0 Å². The number of hydrogen-bond acceptors (Lipinski definition) is 3. The van der Waals surface area contributed by atoms with E-state index in [4.69, 9.17) is 11.6 Å². The van der Waals surface area contributed by atoms with Crippen LogP contribution in [-0.2, 0) is 9.59 Å². The zero-order valence-electron chi connectivity index (χ0n) is 22.9. The third-order valence-electron chi connectivity index (χ3n) is 11.7. The van der Waals surface area contributed by atoms with E-state index >= 15 is 0 Å². The van der Waals surface area contributed by atoms with Gasteiger partial charge in [-0.2, -0.15) is 0 Å². The minimum Gasteiger partial charge on any atom is -0.481 e. The van der Waals surface area contributed by atoms with Crippen molar-refractivity contribution in [3.8, 4) is 0 Å². The van der Waals surface area contributed by atoms with E-state index < -0.39 is 12.1 Å². The Labute approximate surface area is 223 Å². The highest BCUT2D eigenvalue weighted by Crippen LogP contribution is 2.71. The van der Waals surface area contributed by atoms with E-state index in [-0.39, 0.29) is 34.4 Å². The minimum atomic E-state index is -0.684. The maximum absolute atomic E-state index is 12.4. The monoisotopic (exact) mass is 520 g/mol. The number of rotatable bonds is 11. The van der Waals surface area contributed by atoms with Crippen LogP contribution >= 0.6 is 11.6 Å². The summed E-state index contributed by atoms with van der Waals surface area (Å²) in [7, 11) is 0. The Hall–Kier alpha value is -0.870. The molecule has 2 N–H and O–H groups in total. The smallest absolute Gasteiger partial charge is 0.303 e. The van der Waals surface area contributed by atoms with Gasteiger partial charge in [-0.15, -0.1) is 11.6 Å². The molecule has 5 heteroatoms. The second kappa shape index (κ2) is 11.1. The molecule has 0 aromatic heterocycles. The first-order valence-electron chi connectivity index (χ1n) is 14.8. The van der Waals surface area contributed by atoms with Crippen molar-refractivity contribution in [2.45, 2.75) is 123 Å². The van der Waals surface area contributed by atoms with Crippen LogP contribution < -0.4 is 0 Å². The summed E-state index contributed by atoms with van der Waals surface area (Å²) in [4.78, 5) is 24.3. The molecule has 204 valence electrons. The Morgan fingerprint density at radius 2 is 1.61 bits per heavy atom. The van der Waals surface area contributed by atoms with Gasteiger partial charge < -0.3 is 10.2 Å². The van der Waals surface area contributed by atoms with Gasteiger partial charge in [0.25, 0.3) is 0 Å². The van der Waals surface area contributed by atoms with Crippen molar-refractivity contribution in [3.63, 3.8) is 0 Å². The second-order valence-electron chi connectivity index (χ2n) is 13.5. The van der Waals surface area contributed by atoms with Crippen molar-refractivity contribution in [1.29, 1.82) is 0 Å². The average molecular weight is 521 g/mol. The van der Waals surface area contributed by atoms with Gasteiger partial charge in [0.2, 0.25) is 0 Å². The highest BCUT2D eigenvalue weighted by atomic mass is 35.5. The summed E-state index contributed by atoms with van der Waals surface area (Å²) in [6.45, 7) is 6.90. The number of halogens is 1. The number of aliphatic carboxylic acids is 1. The van der Waals surface area contributed by atoms with Crippen LogP contribution in [0.4, 0.5) is 0 Å². The van der Waals surface area contributed by atoms with Crippen LogP contribution in [0.5, 0.6) is 0 Å². The van der Waals surface area contributed by atoms with Gasteiger partial charge in [-0.25, -0.2) is 0 Å². The number of aliphatic hydroxyl groups is 1. The average Bonchev–Trinajstić information content (AvgIpc) is 3.08. The number of alkyl halides is 1. The number of hydrogen-bond donors (Lipinski definition) is 2. The van der Waals surface area contributed by atoms with Crippen molar-refractivity contribution >= 4 is 23.4 Å². The molecule has 4 rings (SSSR count). The van der Waals surface area contributed by atoms with Crippen molar-refractivity contribution < 1.29 is 19.8 Å². The molecule has 4 nitrogen and oxygen atoms in total. The van der Waals surface area contributed by atoms with Crippen LogP contribution in [0.2, 0.25) is 0 Å². The number of carbonyl (C=O) groups excluding carboxylic acids is 1. The van der Waals surface area contributed by atoms with Crippen LogP contribution in [0, 0.1) is 39.9 Å². The maximum atomic E-state index is 12.4. The van der Waals surface area contributed by atoms with Crippen LogP contribution in [0.15, 0.2) is 11.6 Å². The molecule has 0 amide bonds. The van der Waals surface area contributed by atoms with Crippen molar-refractivity contribution in [3.05, 3.63) is 11.6 Å². The molecule has 0 spiro atoms. The first-order valence-corrected chi connectivity index (χ1v) is 15.3. The predicted octanol–water partition coefficient (Wildman–Crippen LogP) is 7.56. The number of carboxylic acid groups (broad SMARTS) is 1. The lowest BCUT2D eigenvalue weighted by Crippen LogP contribution is -2.59. The number of carbonyl (C=O) groups is 2. The summed E-state index contributed by atoms with van der Waals surface area (Å²) in [6, 6.07) is 0. The van der Waals surface area contributed by atoms with Crippen LogP contribution in [0.3, 0.4) is 0 Å². The number of ketones is 1. The van der Waals surface area contributed by atoms with Gasteiger partial charge in [-0.1, -0.05) is 59.3 Å². The highest BCUT2D eigenvalue weighted by molar-refractivity contribution is 6.17. The molecule has 0 aliphatic heterocycles. The molecule has 8 atom stereocenters. The fourth-order valence-corrected chi connectivity index (χ4v) is 9.62. The number of carboxylic acids is 1. The Bertz CT molecular complexity index is 854. The van der Waals surface area contributed by atoms with Gasteiger partial charge in [0.1, 0.15) is 0 Å². The first kappa shape index (κ1) is 28.1. The molecule has 3 fully saturated rings. The van der Waals surface area contributed by atoms with Gasteiger partial charge in [-0.3, -0.25) is 9.59 Å². The van der Waals surface area contributed by atoms with E-state index in [1.54, 1.807) is 0 Å². The molecular weight excluding hydrogens is 472 g/mol. The topological polar surface area (TPSA) is 74.6 Å². The highest BCUT2D eigenvalue weighted by Gasteiger charge is 2.65. The van der Waals surface area contributed by atoms with E-state index in [1.165, 1.54) is 32.1 Å². The lowest BCUT2D eigenvalue weighted by Gasteiger charge is -2.63. The Kier molecular flexibility index (Phi) is 8.67. The molecule has 0 heterocycles. The van der Waals surface area contributed by atoms with E-state index in [0.29, 0.717) is 24.2 Å². The number of unbranched alkanes of at least 4 members (excludes halogenated alkanes) is 6. The quantitative estimate of drug-likeness (QED) is 0.218. The maximum Gasteiger partial charge on any atom is 0.303 e. The van der Waals surface area contributed by atoms with E-state index in [9.17, 15) is 19.8 Å². The lowest BCUT2D eigenvalue weighted by molar-refractivity contribution is -0.150. The Balaban J connectivity index is 1.56. The molecule has 0 aromatic carbocycles. The standard InChI is InChI=1S/C31H49ClO4/c1-29(20-26(34)35)15-13-24-27-22(11-9-7-5-4-6-8-10-18-32)28(36)25-19-21(33)12-16-30(25,2)23(27)14-17-31(24,29)3/h19,22-24,27-28,36H,4-18,20H2,1-3H3,(H,34,35)/t22-,23?,24?,27?,28+,29+,30+,31-/m0/s1. The molecule has 36 heavy (non-hydrogen) atoms. The Morgan fingerprint density at radius 3 is 2.28 bits per heavy atom. The van der Waals surface area contributed by atoms with Gasteiger partial charge in [0.05, 0.1) is 12.5 Å². The number of aliphatic hydroxyl groups excluding tert-OH is 1. The SMILES string of the molecule is C[C@]1(CC(=O)O)CCC2C3C(CC[C@@]21C)[C@@]1(C)CCC(=O)C=C1[C@H](O)[C@H]3CCCCCCCCCCl. The summed E-state index contributed by atoms with van der Waals surface area (Å²) in [5.74, 6) is 1.76. The summed E-state index contributed by atoms with van der Waals surface area (Å²) < 4.78 is 0. The largest absolute Gasteiger partial charge is 0.481 e. The fraction of sp³-hybridized carbons (Fsp3) is 0.871. The molecular formula is C31H49ClO4. The molecule has 3 unspecified atom stereocenters. The zero-order chi connectivity index (χ0) is 26.1. The Morgan fingerprint density at radius 1 is 0.972 bits per heavy atom. The van der Waals surface area contributed by atoms with E-state index in [1.807, 2.05) is 6.08 Å². The van der Waals surface area contributed by atoms with Gasteiger partial charge in [-0.05, 0) is 96.5 Å². The molecule has 3 saturated carbocycles. The molecule has 0 saturated heterocycles. The predicted molar refractivity (Wildman–Crippen MR) is 145 cm³/mol. The van der Waals surface area contributed by atoms with Crippen molar-refractivity contribution in [2.75, 3.05) is 5.88 Å². The summed E-state index contributed by atoms with van der Waals surface area (Å²) in [6.07, 6.45) is 16.5. The second-order valence-corrected chi connectivity index (χ2v) is 13.8. The molecule has 0 radical (unpaired) electrons. The van der Waals surface area contributed by atoms with Crippen LogP contribution in [-0.4, -0.2) is 33.9 Å². The third-order valence-corrected chi connectivity index (χ3v) is 12.0. The fourth-order valence-electron chi connectivity index (χ4n) is 9.43. The molecule has 0 aromatic rings. The van der Waals surface area contributed by atoms with Crippen molar-refractivity contribution in [1.82, 2.24) is 0 Å². The van der Waals surface area contributed by atoms with E-state index in [2.05, 4.69) is 20.8 Å². The minimum absolute atomic E-state index is 0.00495. The van der Waals surface area contributed by atoms with Crippen LogP contribution in [0.1, 0.15) is 117 Å². The van der Waals surface area contributed by atoms with Gasteiger partial charge in [0.15, 0.2) is 5.78 Å². The summed E-state index contributed by atoms with van der Waals surface area (Å²) in [5, 5.41) is 21.6. The first-order chi connectivity index (χ1) is 17.1. The zero-order valence-corrected chi connectivity index (χ0v) is 23.6. The summed E-state index contributed by atoms with van der Waals surface area (Å²) >= 11 is 5.80. The summed E-state index contributed by atoms with van der Waals surface area (Å²) in [5.41, 5.74) is 0.715. The van der Waals surface area contributed by atoms with Gasteiger partial charge in [0, 0.05) is 12.3 Å². The van der Waals surface area contributed by atoms with E-state index in [0.717, 1.165) is 62.8 Å². The molecule has 0 bridgehead atoms.